The lowest BCUT2D eigenvalue weighted by Crippen LogP contribution is -2.29. The zero-order chi connectivity index (χ0) is 57.6. The van der Waals surface area contributed by atoms with Crippen molar-refractivity contribution in [3.8, 4) is 171 Å². The van der Waals surface area contributed by atoms with E-state index in [0.29, 0.717) is 0 Å². The summed E-state index contributed by atoms with van der Waals surface area (Å²) in [5.74, 6) is -44.4. The molecule has 0 saturated heterocycles. The van der Waals surface area contributed by atoms with Gasteiger partial charge in [-0.3, -0.25) is 0 Å². The van der Waals surface area contributed by atoms with Gasteiger partial charge < -0.3 is 143 Å². The van der Waals surface area contributed by atoms with Crippen LogP contribution in [0.4, 0.5) is 0 Å². The Morgan fingerprint density at radius 3 is 1.09 bits per heavy atom. The number of aliphatic hydroxyl groups is 4. The van der Waals surface area contributed by atoms with Crippen LogP contribution >= 0.6 is 0 Å². The Hall–Kier alpha value is -11.4. The molecule has 0 bridgehead atoms. The summed E-state index contributed by atoms with van der Waals surface area (Å²) in [6.07, 6.45) is -1.59. The van der Waals surface area contributed by atoms with Gasteiger partial charge >= 0.3 is 0 Å². The molecule has 0 amide bonds. The van der Waals surface area contributed by atoms with Gasteiger partial charge in [0.25, 0.3) is 0 Å². The highest BCUT2D eigenvalue weighted by molar-refractivity contribution is 6.14. The predicted octanol–water partition coefficient (Wildman–Crippen LogP) is 4.88. The highest BCUT2D eigenvalue weighted by atomic mass is 16.4. The third-order valence-corrected chi connectivity index (χ3v) is 13.7. The van der Waals surface area contributed by atoms with Crippen molar-refractivity contribution in [3.05, 3.63) is 69.4 Å². The van der Waals surface area contributed by atoms with E-state index in [2.05, 4.69) is 0 Å². The van der Waals surface area contributed by atoms with Crippen LogP contribution in [0.3, 0.4) is 0 Å². The lowest BCUT2D eigenvalue weighted by molar-refractivity contribution is 0.109. The van der Waals surface area contributed by atoms with Crippen LogP contribution in [-0.4, -0.2) is 149 Å². The molecule has 2 aliphatic rings. The van der Waals surface area contributed by atoms with Crippen molar-refractivity contribution in [1.82, 2.24) is 0 Å². The van der Waals surface area contributed by atoms with Crippen molar-refractivity contribution in [2.75, 3.05) is 0 Å². The van der Waals surface area contributed by atoms with Crippen molar-refractivity contribution in [1.29, 1.82) is 0 Å². The number of aromatic hydroxyl groups is 24. The molecule has 0 aliphatic heterocycles. The molecular formula is C50H38O28. The fourth-order valence-electron chi connectivity index (χ4n) is 9.87. The lowest BCUT2D eigenvalue weighted by atomic mass is 9.73. The molecular weight excluding hydrogens is 1050 g/mol. The Morgan fingerprint density at radius 1 is 0.321 bits per heavy atom. The van der Waals surface area contributed by atoms with Gasteiger partial charge in [-0.25, -0.2) is 0 Å². The van der Waals surface area contributed by atoms with E-state index in [9.17, 15) is 143 Å². The Kier molecular flexibility index (Phi) is 11.3. The Morgan fingerprint density at radius 2 is 0.667 bits per heavy atom. The smallest absolute Gasteiger partial charge is 0.208 e. The van der Waals surface area contributed by atoms with Crippen LogP contribution < -0.4 is 0 Å². The summed E-state index contributed by atoms with van der Waals surface area (Å²) >= 11 is 0. The Bertz CT molecular complexity index is 3850. The fraction of sp³-hybridized carbons (Fsp3) is 0.0800. The average Bonchev–Trinajstić information content (AvgIpc) is 3.39. The maximum Gasteiger partial charge on any atom is 0.208 e. The van der Waals surface area contributed by atoms with E-state index in [1.54, 1.807) is 0 Å². The van der Waals surface area contributed by atoms with E-state index in [4.69, 9.17) is 0 Å². The van der Waals surface area contributed by atoms with Gasteiger partial charge in [0.05, 0.1) is 44.9 Å². The summed E-state index contributed by atoms with van der Waals surface area (Å²) in [6, 6.07) is 2.68. The SMILES string of the molecule is OC1=C(O)C(c2c(O)c(O)c(O)c(O)c2O)C(O)C(O)=C1c1c2c(c(-c3c(O)c(O)c(-c4c(O)c(O)c(O)c(O)c4O)c(O)c3O)c3cc(-c4c(O)c(O)c(O)c(O)c4O)ccc13)C=CC(c1c(O)c(O)c(O)c(O)c1O)C2. The molecule has 78 heavy (non-hydrogen) atoms. The van der Waals surface area contributed by atoms with Gasteiger partial charge in [-0.2, -0.15) is 0 Å². The van der Waals surface area contributed by atoms with Crippen LogP contribution in [-0.2, 0) is 6.42 Å². The van der Waals surface area contributed by atoms with Gasteiger partial charge in [-0.1, -0.05) is 24.3 Å². The molecule has 9 rings (SSSR count). The highest BCUT2D eigenvalue weighted by Gasteiger charge is 2.46. The molecule has 0 heterocycles. The molecule has 2 aliphatic carbocycles. The minimum absolute atomic E-state index is 0.475. The summed E-state index contributed by atoms with van der Waals surface area (Å²) in [5, 5.41) is 306. The number of hydrogen-bond donors (Lipinski definition) is 28. The average molecular weight is 1090 g/mol. The molecule has 0 spiro atoms. The maximum atomic E-state index is 12.1. The second-order valence-electron chi connectivity index (χ2n) is 17.7. The minimum Gasteiger partial charge on any atom is -0.509 e. The third kappa shape index (κ3) is 6.62. The van der Waals surface area contributed by atoms with Crippen molar-refractivity contribution >= 4 is 22.4 Å². The van der Waals surface area contributed by atoms with Crippen LogP contribution in [0.25, 0.3) is 55.8 Å². The molecule has 0 radical (unpaired) electrons. The molecule has 0 saturated carbocycles. The second-order valence-corrected chi connectivity index (χ2v) is 17.7. The number of fused-ring (bicyclic) bond motifs is 2. The van der Waals surface area contributed by atoms with Gasteiger partial charge in [0, 0.05) is 17.0 Å². The summed E-state index contributed by atoms with van der Waals surface area (Å²) in [4.78, 5) is 0. The number of aliphatic hydroxyl groups excluding tert-OH is 4. The number of phenolic OH excluding ortho intramolecular Hbond substituents is 24. The first kappa shape index (κ1) is 51.5. The molecule has 3 atom stereocenters. The highest BCUT2D eigenvalue weighted by Crippen LogP contribution is 2.66. The molecule has 0 fully saturated rings. The molecule has 28 nitrogen and oxygen atoms in total. The third-order valence-electron chi connectivity index (χ3n) is 13.7. The van der Waals surface area contributed by atoms with Crippen LogP contribution in [0.15, 0.2) is 41.6 Å². The summed E-state index contributed by atoms with van der Waals surface area (Å²) < 4.78 is 0. The quantitative estimate of drug-likeness (QED) is 0.0779. The first-order valence-corrected chi connectivity index (χ1v) is 21.7. The van der Waals surface area contributed by atoms with Gasteiger partial charge in [-0.15, -0.1) is 0 Å². The van der Waals surface area contributed by atoms with Gasteiger partial charge in [0.15, 0.2) is 74.8 Å². The number of hydrogen-bond acceptors (Lipinski definition) is 28. The van der Waals surface area contributed by atoms with E-state index in [1.165, 1.54) is 0 Å². The van der Waals surface area contributed by atoms with Crippen LogP contribution in [0.1, 0.15) is 39.7 Å². The van der Waals surface area contributed by atoms with Crippen LogP contribution in [0, 0.1) is 0 Å². The van der Waals surface area contributed by atoms with Crippen molar-refractivity contribution in [2.45, 2.75) is 24.4 Å². The molecule has 3 unspecified atom stereocenters. The monoisotopic (exact) mass is 1090 g/mol. The number of allylic oxidation sites excluding steroid dienone is 2. The summed E-state index contributed by atoms with van der Waals surface area (Å²) in [7, 11) is 0. The van der Waals surface area contributed by atoms with Crippen LogP contribution in [0.5, 0.6) is 138 Å². The first-order chi connectivity index (χ1) is 36.4. The standard InChI is InChI=1S/C50H38O28/c51-23-13(24(52)40(68)47(75)39(23)67)7-1-3-9-11(5-7)16(18-29(57)33(61)20(34(62)30(18)58)22-37(65)45(73)50(78)46(74)38(22)66)10-4-2-8(14-25(53)41(69)48(76)42(70)26(14)54)6-12(10)15(9)17-27(55)31(59)19(32(60)28(17)56)21-35(63)43(71)49(77)44(72)36(21)64/h1-5,8,19,31,51-78H,6H2. The lowest BCUT2D eigenvalue weighted by Gasteiger charge is -2.33. The normalized spacial score (nSPS) is 16.3. The first-order valence-electron chi connectivity index (χ1n) is 21.7. The van der Waals surface area contributed by atoms with Crippen LogP contribution in [0.2, 0.25) is 0 Å². The number of phenols is 24. The summed E-state index contributed by atoms with van der Waals surface area (Å²) in [5.41, 5.74) is -10.8. The second kappa shape index (κ2) is 17.1. The molecule has 28 heteroatoms. The summed E-state index contributed by atoms with van der Waals surface area (Å²) in [6.45, 7) is 0. The van der Waals surface area contributed by atoms with E-state index in [0.717, 1.165) is 30.4 Å². The van der Waals surface area contributed by atoms with E-state index < -0.39 is 257 Å². The van der Waals surface area contributed by atoms with Gasteiger partial charge in [-0.05, 0) is 39.9 Å². The minimum atomic E-state index is -2.73. The molecule has 406 valence electrons. The largest absolute Gasteiger partial charge is 0.509 e. The zero-order valence-electron chi connectivity index (χ0n) is 38.3. The molecule has 28 N–H and O–H groups in total. The van der Waals surface area contributed by atoms with Gasteiger partial charge in [0.1, 0.15) is 17.6 Å². The molecule has 0 aromatic heterocycles. The van der Waals surface area contributed by atoms with E-state index in [1.807, 2.05) is 0 Å². The van der Waals surface area contributed by atoms with E-state index in [-0.39, 0.29) is 0 Å². The molecule has 7 aromatic rings. The Balaban J connectivity index is 1.48. The fourth-order valence-corrected chi connectivity index (χ4v) is 9.87. The van der Waals surface area contributed by atoms with Gasteiger partial charge in [0.2, 0.25) is 69.0 Å². The van der Waals surface area contributed by atoms with Crippen molar-refractivity contribution in [3.63, 3.8) is 0 Å². The topological polar surface area (TPSA) is 566 Å². The van der Waals surface area contributed by atoms with Crippen molar-refractivity contribution < 1.29 is 143 Å². The van der Waals surface area contributed by atoms with E-state index >= 15 is 0 Å². The number of rotatable bonds is 6. The predicted molar refractivity (Wildman–Crippen MR) is 259 cm³/mol. The Labute approximate surface area is 429 Å². The van der Waals surface area contributed by atoms with Crippen molar-refractivity contribution in [2.24, 2.45) is 0 Å². The number of benzene rings is 7. The maximum absolute atomic E-state index is 12.1. The zero-order valence-corrected chi connectivity index (χ0v) is 38.3. The molecule has 7 aromatic carbocycles.